The molecule has 0 radical (unpaired) electrons. The molecule has 0 aromatic carbocycles. The maximum atomic E-state index is 11.6. The van der Waals surface area contributed by atoms with Crippen molar-refractivity contribution in [3.63, 3.8) is 0 Å². The number of rotatable bonds is 15. The minimum Gasteiger partial charge on any atom is -0.394 e. The van der Waals surface area contributed by atoms with Gasteiger partial charge in [-0.2, -0.15) is 0 Å². The molecule has 1 fully saturated rings. The first kappa shape index (κ1) is 29.8. The zero-order valence-corrected chi connectivity index (χ0v) is 18.6. The Labute approximate surface area is 192 Å². The Kier molecular flexibility index (Phi) is 14.1. The Balaban J connectivity index is 2.58. The molecule has 0 aliphatic carbocycles. The summed E-state index contributed by atoms with van der Waals surface area (Å²) in [5.74, 6) is -0.166. The van der Waals surface area contributed by atoms with E-state index in [1.54, 1.807) is 6.08 Å². The molecule has 0 aromatic rings. The predicted octanol–water partition coefficient (Wildman–Crippen LogP) is -4.69. The maximum absolute atomic E-state index is 11.6. The summed E-state index contributed by atoms with van der Waals surface area (Å²) in [5.41, 5.74) is 0. The maximum Gasteiger partial charge on any atom is 0.223 e. The van der Waals surface area contributed by atoms with E-state index in [0.29, 0.717) is 0 Å². The second kappa shape index (κ2) is 15.6. The number of carbonyl (C=O) groups excluding carboxylic acids is 1. The van der Waals surface area contributed by atoms with Crippen molar-refractivity contribution in [2.24, 2.45) is 0 Å². The lowest BCUT2D eigenvalue weighted by Gasteiger charge is -2.42. The molecule has 0 bridgehead atoms. The van der Waals surface area contributed by atoms with E-state index in [0.717, 1.165) is 6.42 Å². The Morgan fingerprint density at radius 2 is 1.73 bits per heavy atom. The van der Waals surface area contributed by atoms with Crippen LogP contribution >= 0.6 is 0 Å². The third-order valence-corrected chi connectivity index (χ3v) is 5.12. The highest BCUT2D eigenvalue weighted by atomic mass is 16.7. The van der Waals surface area contributed by atoms with Gasteiger partial charge in [0.2, 0.25) is 5.91 Å². The minimum atomic E-state index is -1.80. The number of aliphatic hydroxyl groups excluding tert-OH is 8. The van der Waals surface area contributed by atoms with E-state index in [4.69, 9.17) is 9.47 Å². The first-order chi connectivity index (χ1) is 15.7. The molecule has 1 amide bonds. The number of ether oxygens (including phenoxy) is 2. The predicted molar refractivity (Wildman–Crippen MR) is 114 cm³/mol. The molecule has 1 aliphatic heterocycles. The normalized spacial score (nSPS) is 29.5. The van der Waals surface area contributed by atoms with Gasteiger partial charge in [0, 0.05) is 26.1 Å². The summed E-state index contributed by atoms with van der Waals surface area (Å²) in [4.78, 5) is 11.6. The van der Waals surface area contributed by atoms with Crippen LogP contribution in [0.3, 0.4) is 0 Å². The summed E-state index contributed by atoms with van der Waals surface area (Å²) < 4.78 is 10.5. The monoisotopic (exact) mass is 482 g/mol. The minimum absolute atomic E-state index is 0.166. The van der Waals surface area contributed by atoms with Crippen LogP contribution in [-0.4, -0.2) is 135 Å². The molecule has 0 saturated carbocycles. The lowest BCUT2D eigenvalue weighted by Crippen LogP contribution is -2.61. The average Bonchev–Trinajstić information content (AvgIpc) is 2.81. The molecule has 1 heterocycles. The van der Waals surface area contributed by atoms with E-state index in [9.17, 15) is 45.6 Å². The summed E-state index contributed by atoms with van der Waals surface area (Å²) in [6, 6.07) is 0. The molecule has 9 unspecified atom stereocenters. The number of nitrogens with one attached hydrogen (secondary N) is 2. The van der Waals surface area contributed by atoms with Gasteiger partial charge in [0.15, 0.2) is 6.29 Å². The van der Waals surface area contributed by atoms with Crippen LogP contribution in [0.4, 0.5) is 0 Å². The molecule has 33 heavy (non-hydrogen) atoms. The lowest BCUT2D eigenvalue weighted by atomic mass is 9.98. The first-order valence-corrected chi connectivity index (χ1v) is 10.9. The SMILES string of the molecule is CCC=CCC(=O)NCCNCC(O)C(O)C(OC1OC(CO)C(O)C(O)C1O)C(O)CO. The van der Waals surface area contributed by atoms with Crippen LogP contribution in [0.15, 0.2) is 12.2 Å². The van der Waals surface area contributed by atoms with E-state index < -0.39 is 68.3 Å². The van der Waals surface area contributed by atoms with Crippen LogP contribution in [0.2, 0.25) is 0 Å². The van der Waals surface area contributed by atoms with Gasteiger partial charge in [-0.3, -0.25) is 4.79 Å². The number of carbonyl (C=O) groups is 1. The van der Waals surface area contributed by atoms with Crippen molar-refractivity contribution < 1.29 is 55.1 Å². The van der Waals surface area contributed by atoms with Crippen molar-refractivity contribution in [2.75, 3.05) is 32.8 Å². The number of hydrogen-bond acceptors (Lipinski definition) is 12. The standard InChI is InChI=1S/C20H38N2O11/c1-2-3-4-5-14(27)22-7-6-21-8-11(25)15(28)19(12(26)9-23)33-20-18(31)17(30)16(29)13(10-24)32-20/h3-4,11-13,15-21,23-26,28-31H,2,5-10H2,1H3,(H,22,27). The summed E-state index contributed by atoms with van der Waals surface area (Å²) in [7, 11) is 0. The molecule has 13 nitrogen and oxygen atoms in total. The van der Waals surface area contributed by atoms with E-state index in [1.165, 1.54) is 0 Å². The van der Waals surface area contributed by atoms with Gasteiger partial charge in [0.1, 0.15) is 42.7 Å². The highest BCUT2D eigenvalue weighted by Gasteiger charge is 2.46. The van der Waals surface area contributed by atoms with Gasteiger partial charge in [-0.15, -0.1) is 0 Å². The number of hydrogen-bond donors (Lipinski definition) is 10. The highest BCUT2D eigenvalue weighted by molar-refractivity contribution is 5.77. The molecule has 9 atom stereocenters. The van der Waals surface area contributed by atoms with E-state index in [1.807, 2.05) is 13.0 Å². The first-order valence-electron chi connectivity index (χ1n) is 10.9. The summed E-state index contributed by atoms with van der Waals surface area (Å²) in [6.07, 6.45) is -10.0. The molecule has 13 heteroatoms. The zero-order chi connectivity index (χ0) is 25.0. The van der Waals surface area contributed by atoms with Crippen molar-refractivity contribution in [2.45, 2.75) is 74.9 Å². The van der Waals surface area contributed by atoms with Crippen molar-refractivity contribution >= 4 is 5.91 Å². The van der Waals surface area contributed by atoms with Crippen molar-refractivity contribution in [3.8, 4) is 0 Å². The number of amides is 1. The van der Waals surface area contributed by atoms with E-state index >= 15 is 0 Å². The third-order valence-electron chi connectivity index (χ3n) is 5.12. The Morgan fingerprint density at radius 1 is 1.03 bits per heavy atom. The second-order valence-electron chi connectivity index (χ2n) is 7.74. The largest absolute Gasteiger partial charge is 0.394 e. The zero-order valence-electron chi connectivity index (χ0n) is 18.6. The molecule has 0 aromatic heterocycles. The van der Waals surface area contributed by atoms with Crippen LogP contribution < -0.4 is 10.6 Å². The van der Waals surface area contributed by atoms with Gasteiger partial charge in [-0.25, -0.2) is 0 Å². The van der Waals surface area contributed by atoms with E-state index in [2.05, 4.69) is 10.6 Å². The van der Waals surface area contributed by atoms with E-state index in [-0.39, 0.29) is 32.0 Å². The van der Waals surface area contributed by atoms with Crippen LogP contribution in [0.25, 0.3) is 0 Å². The fraction of sp³-hybridized carbons (Fsp3) is 0.850. The molecule has 0 spiro atoms. The molecule has 1 rings (SSSR count). The number of aliphatic hydroxyl groups is 8. The molecule has 1 aliphatic rings. The Hall–Kier alpha value is -1.23. The van der Waals surface area contributed by atoms with Crippen molar-refractivity contribution in [3.05, 3.63) is 12.2 Å². The summed E-state index contributed by atoms with van der Waals surface area (Å²) in [5, 5.41) is 84.5. The van der Waals surface area contributed by atoms with Gasteiger partial charge in [0.05, 0.1) is 19.3 Å². The molecule has 1 saturated heterocycles. The second-order valence-corrected chi connectivity index (χ2v) is 7.74. The van der Waals surface area contributed by atoms with Crippen molar-refractivity contribution in [1.82, 2.24) is 10.6 Å². The molecular formula is C20H38N2O11. The highest BCUT2D eigenvalue weighted by Crippen LogP contribution is 2.24. The average molecular weight is 483 g/mol. The molecule has 10 N–H and O–H groups in total. The van der Waals surface area contributed by atoms with Crippen LogP contribution in [0, 0.1) is 0 Å². The fourth-order valence-electron chi connectivity index (χ4n) is 3.15. The van der Waals surface area contributed by atoms with Gasteiger partial charge >= 0.3 is 0 Å². The molecule has 194 valence electrons. The van der Waals surface area contributed by atoms with Gasteiger partial charge in [-0.05, 0) is 6.42 Å². The third kappa shape index (κ3) is 9.50. The number of allylic oxidation sites excluding steroid dienone is 1. The van der Waals surface area contributed by atoms with Crippen molar-refractivity contribution in [1.29, 1.82) is 0 Å². The fourth-order valence-corrected chi connectivity index (χ4v) is 3.15. The van der Waals surface area contributed by atoms with Crippen LogP contribution in [-0.2, 0) is 14.3 Å². The van der Waals surface area contributed by atoms with Gasteiger partial charge < -0.3 is 61.0 Å². The van der Waals surface area contributed by atoms with Gasteiger partial charge in [0.25, 0.3) is 0 Å². The lowest BCUT2D eigenvalue weighted by molar-refractivity contribution is -0.327. The Morgan fingerprint density at radius 3 is 2.33 bits per heavy atom. The molecular weight excluding hydrogens is 444 g/mol. The Bertz CT molecular complexity index is 580. The van der Waals surface area contributed by atoms with Crippen LogP contribution in [0.1, 0.15) is 19.8 Å². The van der Waals surface area contributed by atoms with Crippen LogP contribution in [0.5, 0.6) is 0 Å². The van der Waals surface area contributed by atoms with Gasteiger partial charge in [-0.1, -0.05) is 19.1 Å². The summed E-state index contributed by atoms with van der Waals surface area (Å²) in [6.45, 7) is 0.756. The summed E-state index contributed by atoms with van der Waals surface area (Å²) >= 11 is 0. The smallest absolute Gasteiger partial charge is 0.223 e. The topological polar surface area (TPSA) is 221 Å². The quantitative estimate of drug-likeness (QED) is 0.0786.